The molecular weight excluding hydrogens is 396 g/mol. The number of hydrogen-bond donors (Lipinski definition) is 0. The predicted octanol–water partition coefficient (Wildman–Crippen LogP) is 1.64. The second-order valence-corrected chi connectivity index (χ2v) is 2.43. The molecule has 0 N–H and O–H groups in total. The van der Waals surface area contributed by atoms with E-state index in [1.165, 1.54) is 0 Å². The van der Waals surface area contributed by atoms with E-state index in [-0.39, 0.29) is 80.7 Å². The van der Waals surface area contributed by atoms with Crippen molar-refractivity contribution in [2.24, 2.45) is 5.92 Å². The van der Waals surface area contributed by atoms with Crippen molar-refractivity contribution in [1.29, 1.82) is 0 Å². The van der Waals surface area contributed by atoms with Gasteiger partial charge in [0.05, 0.1) is 0 Å². The second kappa shape index (κ2) is 10.9. The molecule has 67 valence electrons. The molecule has 12 heavy (non-hydrogen) atoms. The van der Waals surface area contributed by atoms with Crippen LogP contribution in [0, 0.1) is 27.7 Å². The number of rotatable bonds is 0. The zero-order chi connectivity index (χ0) is 6.15. The molecule has 0 aromatic carbocycles. The summed E-state index contributed by atoms with van der Waals surface area (Å²) in [6.45, 7) is 5.87. The van der Waals surface area contributed by atoms with Crippen molar-refractivity contribution in [2.45, 2.75) is 25.5 Å². The van der Waals surface area contributed by atoms with Crippen molar-refractivity contribution in [3.05, 3.63) is 21.8 Å². The molecule has 1 saturated heterocycles. The molecule has 3 radical (unpaired) electrons. The first kappa shape index (κ1) is 23.6. The Morgan fingerprint density at radius 2 is 1.83 bits per heavy atom. The van der Waals surface area contributed by atoms with Gasteiger partial charge in [0.25, 0.3) is 0 Å². The van der Waals surface area contributed by atoms with E-state index >= 15 is 0 Å². The molecule has 0 aromatic heterocycles. The standard InChI is InChI=1S/C6H10BO.2CH3.W.Y/c1-4-3-6(7)8-5(4)2;;;;/h4-6H,2-3H2,1H3;2*1H3;;/q3*-1;+2;. The minimum Gasteiger partial charge on any atom is -0.416 e. The van der Waals surface area contributed by atoms with E-state index in [0.29, 0.717) is 5.92 Å². The van der Waals surface area contributed by atoms with Crippen molar-refractivity contribution < 1.29 is 58.5 Å². The van der Waals surface area contributed by atoms with Crippen LogP contribution in [0.2, 0.25) is 0 Å². The summed E-state index contributed by atoms with van der Waals surface area (Å²) in [5.74, 6) is 0.532. The molecule has 3 atom stereocenters. The first-order chi connectivity index (χ1) is 3.70. The molecule has 1 aliphatic rings. The van der Waals surface area contributed by atoms with Crippen LogP contribution in [-0.4, -0.2) is 20.0 Å². The van der Waals surface area contributed by atoms with Crippen molar-refractivity contribution in [3.63, 3.8) is 0 Å². The summed E-state index contributed by atoms with van der Waals surface area (Å²) < 4.78 is 5.14. The molecule has 4 heteroatoms. The number of ether oxygens (including phenoxy) is 1. The van der Waals surface area contributed by atoms with Gasteiger partial charge in [0.15, 0.2) is 0 Å². The van der Waals surface area contributed by atoms with Crippen LogP contribution in [0.1, 0.15) is 13.3 Å². The van der Waals surface area contributed by atoms with Crippen molar-refractivity contribution in [3.8, 4) is 0 Å². The summed E-state index contributed by atoms with van der Waals surface area (Å²) in [6, 6.07) is -0.0625. The summed E-state index contributed by atoms with van der Waals surface area (Å²) in [6.07, 6.45) is 1.07. The SMILES string of the molecule is [B]C1CC(C)C([CH2-])O1.[CH3-].[CH3-].[W+2].[Y]. The topological polar surface area (TPSA) is 9.23 Å². The van der Waals surface area contributed by atoms with Gasteiger partial charge < -0.3 is 26.5 Å². The average molecular weight is 412 g/mol. The summed E-state index contributed by atoms with van der Waals surface area (Å²) in [4.78, 5) is 0. The molecule has 1 fully saturated rings. The Hall–Kier alpha value is 1.82. The van der Waals surface area contributed by atoms with Crippen molar-refractivity contribution >= 4 is 7.85 Å². The monoisotopic (exact) mass is 412 g/mol. The van der Waals surface area contributed by atoms with Crippen LogP contribution in [0.15, 0.2) is 0 Å². The van der Waals surface area contributed by atoms with Gasteiger partial charge in [-0.05, 0) is 12.3 Å². The maximum Gasteiger partial charge on any atom is 2.00 e. The minimum atomic E-state index is -0.0625. The molecule has 0 spiro atoms. The van der Waals surface area contributed by atoms with E-state index in [4.69, 9.17) is 12.6 Å². The molecule has 1 rings (SSSR count). The summed E-state index contributed by atoms with van der Waals surface area (Å²) in [5.41, 5.74) is 0. The Labute approximate surface area is 118 Å². The molecule has 1 aliphatic heterocycles. The van der Waals surface area contributed by atoms with Crippen molar-refractivity contribution in [2.75, 3.05) is 0 Å². The van der Waals surface area contributed by atoms with Gasteiger partial charge in [-0.2, -0.15) is 0 Å². The molecule has 0 aromatic rings. The molecule has 0 amide bonds. The molecule has 0 aliphatic carbocycles. The van der Waals surface area contributed by atoms with Crippen LogP contribution in [-0.2, 0) is 58.5 Å². The first-order valence-electron chi connectivity index (χ1n) is 2.94. The van der Waals surface area contributed by atoms with Crippen LogP contribution in [0.5, 0.6) is 0 Å². The normalized spacial score (nSPS) is 31.7. The quantitative estimate of drug-likeness (QED) is 0.435. The summed E-state index contributed by atoms with van der Waals surface area (Å²) in [5, 5.41) is 0. The van der Waals surface area contributed by atoms with Gasteiger partial charge in [-0.1, -0.05) is 13.0 Å². The molecule has 0 bridgehead atoms. The van der Waals surface area contributed by atoms with Gasteiger partial charge in [-0.25, -0.2) is 0 Å². The van der Waals surface area contributed by atoms with Crippen LogP contribution in [0.4, 0.5) is 0 Å². The Bertz CT molecular complexity index is 85.1. The molecule has 1 heterocycles. The molecule has 3 unspecified atom stereocenters. The van der Waals surface area contributed by atoms with Gasteiger partial charge in [0, 0.05) is 38.7 Å². The summed E-state index contributed by atoms with van der Waals surface area (Å²) >= 11 is 0. The smallest absolute Gasteiger partial charge is 0.416 e. The largest absolute Gasteiger partial charge is 2.00 e. The van der Waals surface area contributed by atoms with E-state index in [1.54, 1.807) is 0 Å². The van der Waals surface area contributed by atoms with Crippen molar-refractivity contribution in [1.82, 2.24) is 0 Å². The third-order valence-electron chi connectivity index (χ3n) is 1.59. The first-order valence-corrected chi connectivity index (χ1v) is 2.94. The number of hydrogen-bond acceptors (Lipinski definition) is 1. The average Bonchev–Trinajstić information content (AvgIpc) is 1.85. The Morgan fingerprint density at radius 1 is 1.42 bits per heavy atom. The third kappa shape index (κ3) is 7.24. The van der Waals surface area contributed by atoms with Gasteiger partial charge in [-0.3, -0.25) is 0 Å². The van der Waals surface area contributed by atoms with Crippen LogP contribution in [0.25, 0.3) is 0 Å². The van der Waals surface area contributed by atoms with E-state index in [0.717, 1.165) is 6.42 Å². The van der Waals surface area contributed by atoms with Crippen LogP contribution in [0.3, 0.4) is 0 Å². The fourth-order valence-electron chi connectivity index (χ4n) is 0.932. The van der Waals surface area contributed by atoms with Gasteiger partial charge in [0.2, 0.25) is 0 Å². The fourth-order valence-corrected chi connectivity index (χ4v) is 0.932. The maximum absolute atomic E-state index is 5.45. The van der Waals surface area contributed by atoms with E-state index in [2.05, 4.69) is 13.8 Å². The van der Waals surface area contributed by atoms with Gasteiger partial charge >= 0.3 is 21.1 Å². The Morgan fingerprint density at radius 3 is 1.92 bits per heavy atom. The predicted molar refractivity (Wildman–Crippen MR) is 46.4 cm³/mol. The molecular formula is C8H16BOWY-. The Kier molecular flexibility index (Phi) is 21.4. The zero-order valence-electron chi connectivity index (χ0n) is 8.12. The zero-order valence-corrected chi connectivity index (χ0v) is 13.9. The molecule has 1 nitrogen and oxygen atoms in total. The Balaban J connectivity index is -0.0000000800. The van der Waals surface area contributed by atoms with E-state index < -0.39 is 0 Å². The van der Waals surface area contributed by atoms with Gasteiger partial charge in [0.1, 0.15) is 7.85 Å². The third-order valence-corrected chi connectivity index (χ3v) is 1.59. The van der Waals surface area contributed by atoms with Gasteiger partial charge in [-0.15, -0.1) is 0 Å². The molecule has 0 saturated carbocycles. The van der Waals surface area contributed by atoms with Crippen LogP contribution >= 0.6 is 0 Å². The second-order valence-electron chi connectivity index (χ2n) is 2.43. The van der Waals surface area contributed by atoms with Crippen LogP contribution < -0.4 is 0 Å². The van der Waals surface area contributed by atoms with E-state index in [1.807, 2.05) is 0 Å². The summed E-state index contributed by atoms with van der Waals surface area (Å²) in [7, 11) is 5.45. The minimum absolute atomic E-state index is 0. The van der Waals surface area contributed by atoms with E-state index in [9.17, 15) is 0 Å². The maximum atomic E-state index is 5.45. The fraction of sp³-hybridized carbons (Fsp3) is 0.625.